The van der Waals surface area contributed by atoms with Gasteiger partial charge in [-0.1, -0.05) is 17.7 Å². The molecule has 0 aliphatic heterocycles. The average Bonchev–Trinajstić information content (AvgIpc) is 2.33. The van der Waals surface area contributed by atoms with Gasteiger partial charge in [0.15, 0.2) is 0 Å². The highest BCUT2D eigenvalue weighted by Crippen LogP contribution is 2.15. The van der Waals surface area contributed by atoms with Crippen molar-refractivity contribution in [1.82, 2.24) is 4.98 Å². The van der Waals surface area contributed by atoms with Crippen LogP contribution in [0.1, 0.15) is 11.1 Å². The van der Waals surface area contributed by atoms with Gasteiger partial charge < -0.3 is 5.32 Å². The topological polar surface area (TPSA) is 42.0 Å². The van der Waals surface area contributed by atoms with Crippen molar-refractivity contribution in [3.8, 4) is 0 Å². The Hall–Kier alpha value is -1.94. The molecule has 0 atom stereocenters. The van der Waals surface area contributed by atoms with Crippen LogP contribution in [0.15, 0.2) is 36.5 Å². The van der Waals surface area contributed by atoms with Crippen molar-refractivity contribution >= 4 is 23.3 Å². The van der Waals surface area contributed by atoms with Crippen LogP contribution >= 0.6 is 11.6 Å². The Balaban J connectivity index is 2.05. The molecule has 1 heterocycles. The first-order valence-corrected chi connectivity index (χ1v) is 6.09. The SMILES string of the molecule is Cc1ccnc(NC(=O)Cc2ccc(Cl)cc2F)c1. The monoisotopic (exact) mass is 278 g/mol. The minimum atomic E-state index is -0.486. The maximum Gasteiger partial charge on any atom is 0.230 e. The number of hydrogen-bond acceptors (Lipinski definition) is 2. The van der Waals surface area contributed by atoms with Crippen LogP contribution in [-0.2, 0) is 11.2 Å². The second-order valence-corrected chi connectivity index (χ2v) is 4.62. The molecule has 1 N–H and O–H groups in total. The molecule has 0 aliphatic rings. The fraction of sp³-hybridized carbons (Fsp3) is 0.143. The lowest BCUT2D eigenvalue weighted by molar-refractivity contribution is -0.115. The first-order valence-electron chi connectivity index (χ1n) is 5.71. The summed E-state index contributed by atoms with van der Waals surface area (Å²) in [6.45, 7) is 1.90. The predicted molar refractivity (Wildman–Crippen MR) is 72.7 cm³/mol. The molecule has 0 aliphatic carbocycles. The molecule has 0 radical (unpaired) electrons. The molecule has 0 bridgehead atoms. The molecule has 5 heteroatoms. The summed E-state index contributed by atoms with van der Waals surface area (Å²) in [5.41, 5.74) is 1.29. The van der Waals surface area contributed by atoms with Crippen molar-refractivity contribution in [2.24, 2.45) is 0 Å². The zero-order valence-electron chi connectivity index (χ0n) is 10.3. The van der Waals surface area contributed by atoms with Gasteiger partial charge in [-0.15, -0.1) is 0 Å². The van der Waals surface area contributed by atoms with E-state index < -0.39 is 5.82 Å². The van der Waals surface area contributed by atoms with Gasteiger partial charge in [0.25, 0.3) is 0 Å². The molecular weight excluding hydrogens is 267 g/mol. The first kappa shape index (κ1) is 13.5. The molecule has 1 aromatic heterocycles. The van der Waals surface area contributed by atoms with E-state index in [1.165, 1.54) is 12.1 Å². The van der Waals surface area contributed by atoms with Crippen molar-refractivity contribution < 1.29 is 9.18 Å². The van der Waals surface area contributed by atoms with Crippen LogP contribution < -0.4 is 5.32 Å². The van der Waals surface area contributed by atoms with Gasteiger partial charge in [-0.2, -0.15) is 0 Å². The normalized spacial score (nSPS) is 10.3. The number of nitrogens with zero attached hydrogens (tertiary/aromatic N) is 1. The second kappa shape index (κ2) is 5.80. The standard InChI is InChI=1S/C14H12ClFN2O/c1-9-4-5-17-13(6-9)18-14(19)7-10-2-3-11(15)8-12(10)16/h2-6,8H,7H2,1H3,(H,17,18,19). The Morgan fingerprint density at radius 1 is 1.37 bits per heavy atom. The van der Waals surface area contributed by atoms with Crippen LogP contribution in [0.25, 0.3) is 0 Å². The molecule has 2 rings (SSSR count). The molecule has 0 saturated carbocycles. The number of pyridine rings is 1. The molecule has 0 unspecified atom stereocenters. The largest absolute Gasteiger partial charge is 0.310 e. The lowest BCUT2D eigenvalue weighted by atomic mass is 10.1. The Morgan fingerprint density at radius 2 is 2.16 bits per heavy atom. The minimum Gasteiger partial charge on any atom is -0.310 e. The van der Waals surface area contributed by atoms with Gasteiger partial charge >= 0.3 is 0 Å². The van der Waals surface area contributed by atoms with Crippen molar-refractivity contribution in [2.75, 3.05) is 5.32 Å². The van der Waals surface area contributed by atoms with E-state index in [1.807, 2.05) is 13.0 Å². The first-order chi connectivity index (χ1) is 9.04. The highest BCUT2D eigenvalue weighted by molar-refractivity contribution is 6.30. The van der Waals surface area contributed by atoms with E-state index in [0.29, 0.717) is 16.4 Å². The molecule has 0 spiro atoms. The molecule has 2 aromatic rings. The number of benzene rings is 1. The van der Waals surface area contributed by atoms with Crippen LogP contribution in [0.5, 0.6) is 0 Å². The predicted octanol–water partition coefficient (Wildman–Crippen LogP) is 3.36. The fourth-order valence-corrected chi connectivity index (χ4v) is 1.79. The smallest absolute Gasteiger partial charge is 0.230 e. The molecule has 19 heavy (non-hydrogen) atoms. The summed E-state index contributed by atoms with van der Waals surface area (Å²) in [5, 5.41) is 2.93. The van der Waals surface area contributed by atoms with Gasteiger partial charge in [0.1, 0.15) is 11.6 Å². The zero-order chi connectivity index (χ0) is 13.8. The average molecular weight is 279 g/mol. The molecule has 3 nitrogen and oxygen atoms in total. The van der Waals surface area contributed by atoms with Gasteiger partial charge in [-0.3, -0.25) is 4.79 Å². The fourth-order valence-electron chi connectivity index (χ4n) is 1.63. The molecule has 1 aromatic carbocycles. The van der Waals surface area contributed by atoms with Crippen LogP contribution in [0.3, 0.4) is 0 Å². The van der Waals surface area contributed by atoms with E-state index in [2.05, 4.69) is 10.3 Å². The zero-order valence-corrected chi connectivity index (χ0v) is 11.0. The van der Waals surface area contributed by atoms with E-state index >= 15 is 0 Å². The summed E-state index contributed by atoms with van der Waals surface area (Å²) < 4.78 is 13.5. The number of halogens is 2. The number of carbonyl (C=O) groups excluding carboxylic acids is 1. The van der Waals surface area contributed by atoms with Crippen molar-refractivity contribution in [2.45, 2.75) is 13.3 Å². The third-order valence-corrected chi connectivity index (χ3v) is 2.78. The summed E-state index contributed by atoms with van der Waals surface area (Å²) in [7, 11) is 0. The van der Waals surface area contributed by atoms with Crippen LogP contribution in [0.2, 0.25) is 5.02 Å². The lowest BCUT2D eigenvalue weighted by Gasteiger charge is -2.06. The Labute approximate surface area is 115 Å². The van der Waals surface area contributed by atoms with Gasteiger partial charge in [-0.05, 0) is 42.3 Å². The third kappa shape index (κ3) is 3.76. The number of aryl methyl sites for hydroxylation is 1. The van der Waals surface area contributed by atoms with Gasteiger partial charge in [0.05, 0.1) is 6.42 Å². The van der Waals surface area contributed by atoms with Gasteiger partial charge in [-0.25, -0.2) is 9.37 Å². The Kier molecular flexibility index (Phi) is 4.12. The van der Waals surface area contributed by atoms with Crippen molar-refractivity contribution in [1.29, 1.82) is 0 Å². The number of hydrogen-bond donors (Lipinski definition) is 1. The van der Waals surface area contributed by atoms with E-state index in [9.17, 15) is 9.18 Å². The Bertz CT molecular complexity index is 616. The summed E-state index contributed by atoms with van der Waals surface area (Å²) in [6, 6.07) is 7.82. The van der Waals surface area contributed by atoms with E-state index in [4.69, 9.17) is 11.6 Å². The van der Waals surface area contributed by atoms with E-state index in [0.717, 1.165) is 5.56 Å². The van der Waals surface area contributed by atoms with E-state index in [-0.39, 0.29) is 12.3 Å². The summed E-state index contributed by atoms with van der Waals surface area (Å²) in [4.78, 5) is 15.8. The highest BCUT2D eigenvalue weighted by atomic mass is 35.5. The lowest BCUT2D eigenvalue weighted by Crippen LogP contribution is -2.16. The molecule has 0 saturated heterocycles. The van der Waals surface area contributed by atoms with Crippen molar-refractivity contribution in [3.05, 3.63) is 58.5 Å². The summed E-state index contributed by atoms with van der Waals surface area (Å²) in [5.74, 6) is -0.349. The van der Waals surface area contributed by atoms with Crippen molar-refractivity contribution in [3.63, 3.8) is 0 Å². The molecule has 0 fully saturated rings. The quantitative estimate of drug-likeness (QED) is 0.935. The number of amides is 1. The third-order valence-electron chi connectivity index (χ3n) is 2.55. The maximum atomic E-state index is 13.5. The van der Waals surface area contributed by atoms with E-state index in [1.54, 1.807) is 18.3 Å². The summed E-state index contributed by atoms with van der Waals surface area (Å²) >= 11 is 5.65. The van der Waals surface area contributed by atoms with Crippen LogP contribution in [-0.4, -0.2) is 10.9 Å². The Morgan fingerprint density at radius 3 is 2.84 bits per heavy atom. The van der Waals surface area contributed by atoms with Crippen LogP contribution in [0, 0.1) is 12.7 Å². The summed E-state index contributed by atoms with van der Waals surface area (Å²) in [6.07, 6.45) is 1.55. The number of rotatable bonds is 3. The molecular formula is C14H12ClFN2O. The maximum absolute atomic E-state index is 13.5. The number of aromatic nitrogens is 1. The number of nitrogens with one attached hydrogen (secondary N) is 1. The van der Waals surface area contributed by atoms with Gasteiger partial charge in [0.2, 0.25) is 5.91 Å². The van der Waals surface area contributed by atoms with Crippen LogP contribution in [0.4, 0.5) is 10.2 Å². The molecule has 98 valence electrons. The molecule has 1 amide bonds. The minimum absolute atomic E-state index is 0.0569. The number of anilines is 1. The highest BCUT2D eigenvalue weighted by Gasteiger charge is 2.09. The van der Waals surface area contributed by atoms with Gasteiger partial charge in [0, 0.05) is 11.2 Å². The second-order valence-electron chi connectivity index (χ2n) is 4.18. The number of carbonyl (C=O) groups is 1.